The van der Waals surface area contributed by atoms with Crippen LogP contribution in [-0.2, 0) is 6.18 Å². The van der Waals surface area contributed by atoms with Crippen LogP contribution in [-0.4, -0.2) is 14.1 Å². The Balaban J connectivity index is 1.36. The molecule has 0 saturated heterocycles. The Hall–Kier alpha value is -5.88. The van der Waals surface area contributed by atoms with Gasteiger partial charge in [0.25, 0.3) is 0 Å². The first-order valence-electron chi connectivity index (χ1n) is 16.0. The molecule has 7 aromatic carbocycles. The lowest BCUT2D eigenvalue weighted by atomic mass is 9.90. The lowest BCUT2D eigenvalue weighted by Crippen LogP contribution is -2.06. The molecule has 48 heavy (non-hydrogen) atoms. The molecule has 10 aromatic rings. The van der Waals surface area contributed by atoms with E-state index in [1.807, 2.05) is 16.7 Å². The molecule has 0 unspecified atom stereocenters. The molecule has 0 amide bonds. The van der Waals surface area contributed by atoms with Gasteiger partial charge in [-0.1, -0.05) is 54.1 Å². The average molecular weight is 630 g/mol. The van der Waals surface area contributed by atoms with E-state index < -0.39 is 11.7 Å². The number of rotatable bonds is 2. The molecule has 0 spiro atoms. The predicted molar refractivity (Wildman–Crippen MR) is 191 cm³/mol. The average Bonchev–Trinajstić information content (AvgIpc) is 3.58. The van der Waals surface area contributed by atoms with Gasteiger partial charge in [0.15, 0.2) is 0 Å². The van der Waals surface area contributed by atoms with Gasteiger partial charge in [-0.2, -0.15) is 13.2 Å². The molecular formula is C42H26F3N3. The summed E-state index contributed by atoms with van der Waals surface area (Å²) in [4.78, 5) is 4.81. The maximum Gasteiger partial charge on any atom is 0.416 e. The molecule has 0 aliphatic carbocycles. The van der Waals surface area contributed by atoms with E-state index in [9.17, 15) is 13.2 Å². The highest BCUT2D eigenvalue weighted by atomic mass is 19.4. The van der Waals surface area contributed by atoms with E-state index in [2.05, 4.69) is 97.3 Å². The number of hydrogen-bond acceptors (Lipinski definition) is 1. The number of benzene rings is 7. The zero-order chi connectivity index (χ0) is 32.5. The van der Waals surface area contributed by atoms with Gasteiger partial charge in [-0.25, -0.2) is 0 Å². The van der Waals surface area contributed by atoms with E-state index in [1.54, 1.807) is 12.3 Å². The van der Waals surface area contributed by atoms with Crippen molar-refractivity contribution < 1.29 is 13.2 Å². The number of fused-ring (bicyclic) bond motifs is 8. The second kappa shape index (κ2) is 9.35. The number of alkyl halides is 3. The molecule has 0 aliphatic rings. The van der Waals surface area contributed by atoms with Crippen molar-refractivity contribution in [2.24, 2.45) is 0 Å². The van der Waals surface area contributed by atoms with E-state index >= 15 is 0 Å². The molecule has 0 aliphatic heterocycles. The molecule has 0 atom stereocenters. The summed E-state index contributed by atoms with van der Waals surface area (Å²) in [6.07, 6.45) is -2.70. The minimum Gasteiger partial charge on any atom is -0.309 e. The summed E-state index contributed by atoms with van der Waals surface area (Å²) >= 11 is 0. The fourth-order valence-corrected chi connectivity index (χ4v) is 8.02. The van der Waals surface area contributed by atoms with Crippen molar-refractivity contribution in [3.05, 3.63) is 138 Å². The number of hydrogen-bond donors (Lipinski definition) is 0. The van der Waals surface area contributed by atoms with Crippen molar-refractivity contribution in [1.29, 1.82) is 0 Å². The molecule has 6 heteroatoms. The fraction of sp³-hybridized carbons (Fsp3) is 0.0714. The number of pyridine rings is 1. The second-order valence-electron chi connectivity index (χ2n) is 12.9. The van der Waals surface area contributed by atoms with Crippen LogP contribution in [0.3, 0.4) is 0 Å². The molecule has 0 fully saturated rings. The first-order chi connectivity index (χ1) is 23.3. The molecule has 0 bridgehead atoms. The molecule has 0 N–H and O–H groups in total. The van der Waals surface area contributed by atoms with Crippen molar-refractivity contribution in [2.45, 2.75) is 20.0 Å². The zero-order valence-corrected chi connectivity index (χ0v) is 26.0. The topological polar surface area (TPSA) is 22.8 Å². The maximum atomic E-state index is 13.8. The minimum absolute atomic E-state index is 0.451. The monoisotopic (exact) mass is 629 g/mol. The third-order valence-corrected chi connectivity index (χ3v) is 9.96. The van der Waals surface area contributed by atoms with Gasteiger partial charge in [0.05, 0.1) is 33.1 Å². The number of aryl methyl sites for hydroxylation is 2. The SMILES string of the molecule is Cc1cccc(-n2c3ccc(C)cc3c3c4ccc5cc6c(c7ccc(cc32)c4c57)c2ncccc2n6-c2cccc(C(F)(F)F)c2)c1. The smallest absolute Gasteiger partial charge is 0.309 e. The summed E-state index contributed by atoms with van der Waals surface area (Å²) in [6, 6.07) is 37.8. The van der Waals surface area contributed by atoms with Crippen molar-refractivity contribution in [2.75, 3.05) is 0 Å². The minimum atomic E-state index is -4.45. The lowest BCUT2D eigenvalue weighted by Gasteiger charge is -2.15. The van der Waals surface area contributed by atoms with Gasteiger partial charge in [-0.15, -0.1) is 0 Å². The highest BCUT2D eigenvalue weighted by Gasteiger charge is 2.31. The van der Waals surface area contributed by atoms with Crippen molar-refractivity contribution in [3.8, 4) is 11.4 Å². The summed E-state index contributed by atoms with van der Waals surface area (Å²) < 4.78 is 45.8. The molecule has 3 nitrogen and oxygen atoms in total. The summed E-state index contributed by atoms with van der Waals surface area (Å²) in [6.45, 7) is 4.26. The zero-order valence-electron chi connectivity index (χ0n) is 26.0. The quantitative estimate of drug-likeness (QED) is 0.175. The van der Waals surface area contributed by atoms with Crippen LogP contribution in [0.15, 0.2) is 121 Å². The van der Waals surface area contributed by atoms with Crippen LogP contribution in [0, 0.1) is 13.8 Å². The third-order valence-electron chi connectivity index (χ3n) is 9.96. The lowest BCUT2D eigenvalue weighted by molar-refractivity contribution is -0.137. The van der Waals surface area contributed by atoms with Gasteiger partial charge in [0.2, 0.25) is 0 Å². The van der Waals surface area contributed by atoms with E-state index in [-0.39, 0.29) is 0 Å². The van der Waals surface area contributed by atoms with Crippen LogP contribution in [0.5, 0.6) is 0 Å². The molecule has 3 aromatic heterocycles. The van der Waals surface area contributed by atoms with Crippen LogP contribution in [0.25, 0.3) is 87.4 Å². The van der Waals surface area contributed by atoms with E-state index in [1.165, 1.54) is 44.8 Å². The normalized spacial score (nSPS) is 12.7. The van der Waals surface area contributed by atoms with E-state index in [0.29, 0.717) is 5.69 Å². The predicted octanol–water partition coefficient (Wildman–Crippen LogP) is 11.8. The van der Waals surface area contributed by atoms with Crippen LogP contribution in [0.2, 0.25) is 0 Å². The van der Waals surface area contributed by atoms with E-state index in [0.717, 1.165) is 66.3 Å². The first kappa shape index (κ1) is 27.3. The van der Waals surface area contributed by atoms with Crippen molar-refractivity contribution in [3.63, 3.8) is 0 Å². The summed E-state index contributed by atoms with van der Waals surface area (Å²) in [5.41, 5.74) is 7.97. The van der Waals surface area contributed by atoms with Crippen LogP contribution in [0.4, 0.5) is 13.2 Å². The molecule has 0 saturated carbocycles. The van der Waals surface area contributed by atoms with Crippen molar-refractivity contribution >= 4 is 76.1 Å². The van der Waals surface area contributed by atoms with E-state index in [4.69, 9.17) is 4.98 Å². The largest absolute Gasteiger partial charge is 0.416 e. The van der Waals surface area contributed by atoms with Gasteiger partial charge in [0, 0.05) is 33.7 Å². The Morgan fingerprint density at radius 3 is 1.88 bits per heavy atom. The molecule has 10 rings (SSSR count). The van der Waals surface area contributed by atoms with Gasteiger partial charge in [-0.3, -0.25) is 4.98 Å². The first-order valence-corrected chi connectivity index (χ1v) is 16.0. The van der Waals surface area contributed by atoms with Crippen LogP contribution in [0.1, 0.15) is 16.7 Å². The summed E-state index contributed by atoms with van der Waals surface area (Å²) in [7, 11) is 0. The fourth-order valence-electron chi connectivity index (χ4n) is 8.02. The Morgan fingerprint density at radius 1 is 0.500 bits per heavy atom. The molecular weight excluding hydrogens is 603 g/mol. The third kappa shape index (κ3) is 3.63. The number of nitrogens with zero attached hydrogens (tertiary/aromatic N) is 3. The van der Waals surface area contributed by atoms with Gasteiger partial charge in [0.1, 0.15) is 0 Å². The summed E-state index contributed by atoms with van der Waals surface area (Å²) in [5, 5.41) is 10.0. The maximum absolute atomic E-state index is 13.8. The summed E-state index contributed by atoms with van der Waals surface area (Å²) in [5.74, 6) is 0. The Labute approximate surface area is 272 Å². The Kier molecular flexibility index (Phi) is 5.31. The van der Waals surface area contributed by atoms with Crippen LogP contribution >= 0.6 is 0 Å². The highest BCUT2D eigenvalue weighted by Crippen LogP contribution is 2.46. The Morgan fingerprint density at radius 2 is 1.15 bits per heavy atom. The standard InChI is InChI=1S/C42H26F3N3/c1-23-6-3-8-28(18-23)47-33-16-11-24(2)19-32(33)39-30-14-12-26-21-36-40(31-15-13-25(20-35(39)47)37(30)38(26)31)41-34(10-5-17-46-41)48(36)29-9-4-7-27(22-29)42(43,44)45/h3-22H,1-2H3. The number of aromatic nitrogens is 3. The van der Waals surface area contributed by atoms with Crippen LogP contribution < -0.4 is 0 Å². The molecule has 3 heterocycles. The van der Waals surface area contributed by atoms with Gasteiger partial charge >= 0.3 is 6.18 Å². The van der Waals surface area contributed by atoms with Crippen molar-refractivity contribution in [1.82, 2.24) is 14.1 Å². The molecule has 0 radical (unpaired) electrons. The Bertz CT molecular complexity index is 2960. The highest BCUT2D eigenvalue weighted by molar-refractivity contribution is 6.37. The number of halogens is 3. The van der Waals surface area contributed by atoms with Gasteiger partial charge in [-0.05, 0) is 118 Å². The van der Waals surface area contributed by atoms with Gasteiger partial charge < -0.3 is 9.13 Å². The molecule has 230 valence electrons. The second-order valence-corrected chi connectivity index (χ2v) is 12.9.